The first-order chi connectivity index (χ1) is 11.7. The van der Waals surface area contributed by atoms with Crippen LogP contribution in [0, 0.1) is 5.82 Å². The van der Waals surface area contributed by atoms with Gasteiger partial charge >= 0.3 is 0 Å². The second-order valence-corrected chi connectivity index (χ2v) is 6.87. The fourth-order valence-corrected chi connectivity index (χ4v) is 3.49. The molecule has 24 heavy (non-hydrogen) atoms. The standard InChI is InChI=1S/C17H21FN4OS/c18-14-3-1-4-15(11-14)20-16(23)12-21-6-2-7-22(9-8-21)13-17-19-5-10-24-17/h1,3-5,10-11H,2,6-9,12-13H2,(H,20,23). The van der Waals surface area contributed by atoms with Crippen molar-refractivity contribution in [3.63, 3.8) is 0 Å². The highest BCUT2D eigenvalue weighted by Gasteiger charge is 2.17. The minimum Gasteiger partial charge on any atom is -0.325 e. The molecule has 1 fully saturated rings. The third-order valence-corrected chi connectivity index (χ3v) is 4.76. The Balaban J connectivity index is 1.46. The Hall–Kier alpha value is -1.83. The molecular formula is C17H21FN4OS. The molecule has 128 valence electrons. The van der Waals surface area contributed by atoms with Gasteiger partial charge in [-0.2, -0.15) is 0 Å². The van der Waals surface area contributed by atoms with E-state index in [1.54, 1.807) is 23.5 Å². The van der Waals surface area contributed by atoms with E-state index >= 15 is 0 Å². The Morgan fingerprint density at radius 1 is 1.25 bits per heavy atom. The van der Waals surface area contributed by atoms with Crippen LogP contribution in [0.5, 0.6) is 0 Å². The molecule has 1 saturated heterocycles. The van der Waals surface area contributed by atoms with E-state index in [9.17, 15) is 9.18 Å². The van der Waals surface area contributed by atoms with Crippen LogP contribution in [-0.2, 0) is 11.3 Å². The first kappa shape index (κ1) is 17.0. The molecule has 0 bridgehead atoms. The van der Waals surface area contributed by atoms with Gasteiger partial charge in [0.2, 0.25) is 5.91 Å². The number of halogens is 1. The van der Waals surface area contributed by atoms with Crippen LogP contribution in [0.3, 0.4) is 0 Å². The van der Waals surface area contributed by atoms with Crippen LogP contribution >= 0.6 is 11.3 Å². The number of benzene rings is 1. The lowest BCUT2D eigenvalue weighted by atomic mass is 10.3. The number of amides is 1. The van der Waals surface area contributed by atoms with Crippen molar-refractivity contribution in [3.05, 3.63) is 46.7 Å². The van der Waals surface area contributed by atoms with Crippen LogP contribution in [-0.4, -0.2) is 53.4 Å². The lowest BCUT2D eigenvalue weighted by Gasteiger charge is -2.20. The fraction of sp³-hybridized carbons (Fsp3) is 0.412. The second-order valence-electron chi connectivity index (χ2n) is 5.89. The number of hydrogen-bond acceptors (Lipinski definition) is 5. The molecule has 1 aromatic heterocycles. The first-order valence-electron chi connectivity index (χ1n) is 8.07. The summed E-state index contributed by atoms with van der Waals surface area (Å²) in [5, 5.41) is 5.88. The van der Waals surface area contributed by atoms with E-state index in [2.05, 4.69) is 20.1 Å². The van der Waals surface area contributed by atoms with Crippen molar-refractivity contribution < 1.29 is 9.18 Å². The van der Waals surface area contributed by atoms with E-state index in [1.165, 1.54) is 12.1 Å². The molecule has 1 amide bonds. The van der Waals surface area contributed by atoms with Gasteiger partial charge in [-0.3, -0.25) is 14.6 Å². The van der Waals surface area contributed by atoms with Gasteiger partial charge in [0.15, 0.2) is 0 Å². The quantitative estimate of drug-likeness (QED) is 0.902. The highest BCUT2D eigenvalue weighted by Crippen LogP contribution is 2.12. The summed E-state index contributed by atoms with van der Waals surface area (Å²) >= 11 is 1.68. The normalized spacial score (nSPS) is 16.7. The number of nitrogens with zero attached hydrogens (tertiary/aromatic N) is 3. The van der Waals surface area contributed by atoms with E-state index in [0.717, 1.165) is 44.2 Å². The maximum Gasteiger partial charge on any atom is 0.238 e. The van der Waals surface area contributed by atoms with E-state index in [0.29, 0.717) is 12.2 Å². The minimum absolute atomic E-state index is 0.103. The SMILES string of the molecule is O=C(CN1CCCN(Cc2nccs2)CC1)Nc1cccc(F)c1. The van der Waals surface area contributed by atoms with Gasteiger partial charge in [-0.25, -0.2) is 9.37 Å². The maximum absolute atomic E-state index is 13.2. The highest BCUT2D eigenvalue weighted by molar-refractivity contribution is 7.09. The Morgan fingerprint density at radius 3 is 2.88 bits per heavy atom. The predicted molar refractivity (Wildman–Crippen MR) is 93.5 cm³/mol. The number of nitrogens with one attached hydrogen (secondary N) is 1. The Labute approximate surface area is 145 Å². The molecule has 1 N–H and O–H groups in total. The zero-order chi connectivity index (χ0) is 16.8. The molecule has 0 saturated carbocycles. The summed E-state index contributed by atoms with van der Waals surface area (Å²) in [6.45, 7) is 4.89. The molecule has 1 aromatic carbocycles. The molecule has 1 aliphatic heterocycles. The van der Waals surface area contributed by atoms with E-state index in [-0.39, 0.29) is 11.7 Å². The molecule has 5 nitrogen and oxygen atoms in total. The number of thiazole rings is 1. The summed E-state index contributed by atoms with van der Waals surface area (Å²) in [4.78, 5) is 21.0. The van der Waals surface area contributed by atoms with Gasteiger partial charge < -0.3 is 5.32 Å². The van der Waals surface area contributed by atoms with Crippen molar-refractivity contribution in [2.24, 2.45) is 0 Å². The van der Waals surface area contributed by atoms with Crippen LogP contribution in [0.25, 0.3) is 0 Å². The predicted octanol–water partition coefficient (Wildman–Crippen LogP) is 2.43. The molecule has 3 rings (SSSR count). The largest absolute Gasteiger partial charge is 0.325 e. The molecule has 0 atom stereocenters. The average molecular weight is 348 g/mol. The van der Waals surface area contributed by atoms with Gasteiger partial charge in [-0.1, -0.05) is 6.07 Å². The van der Waals surface area contributed by atoms with Crippen LogP contribution in [0.4, 0.5) is 10.1 Å². The Morgan fingerprint density at radius 2 is 2.08 bits per heavy atom. The zero-order valence-corrected chi connectivity index (χ0v) is 14.3. The van der Waals surface area contributed by atoms with Crippen molar-refractivity contribution >= 4 is 22.9 Å². The summed E-state index contributed by atoms with van der Waals surface area (Å²) in [5.74, 6) is -0.450. The number of aromatic nitrogens is 1. The molecule has 7 heteroatoms. The molecule has 0 aliphatic carbocycles. The number of anilines is 1. The topological polar surface area (TPSA) is 48.5 Å². The second kappa shape index (κ2) is 8.32. The lowest BCUT2D eigenvalue weighted by Crippen LogP contribution is -2.36. The zero-order valence-electron chi connectivity index (χ0n) is 13.4. The molecule has 1 aliphatic rings. The third kappa shape index (κ3) is 5.09. The smallest absolute Gasteiger partial charge is 0.238 e. The number of hydrogen-bond donors (Lipinski definition) is 1. The summed E-state index contributed by atoms with van der Waals surface area (Å²) < 4.78 is 13.2. The number of carbonyl (C=O) groups excluding carboxylic acids is 1. The molecule has 2 aromatic rings. The van der Waals surface area contributed by atoms with E-state index in [4.69, 9.17) is 0 Å². The van der Waals surface area contributed by atoms with E-state index in [1.807, 2.05) is 11.6 Å². The van der Waals surface area contributed by atoms with Crippen LogP contribution in [0.2, 0.25) is 0 Å². The minimum atomic E-state index is -0.347. The Bertz CT molecular complexity index is 664. The van der Waals surface area contributed by atoms with Crippen LogP contribution in [0.15, 0.2) is 35.8 Å². The number of carbonyl (C=O) groups is 1. The summed E-state index contributed by atoms with van der Waals surface area (Å²) in [7, 11) is 0. The lowest BCUT2D eigenvalue weighted by molar-refractivity contribution is -0.117. The van der Waals surface area contributed by atoms with Crippen molar-refractivity contribution in [1.29, 1.82) is 0 Å². The Kier molecular flexibility index (Phi) is 5.90. The average Bonchev–Trinajstić information content (AvgIpc) is 2.95. The summed E-state index contributed by atoms with van der Waals surface area (Å²) in [5.41, 5.74) is 0.500. The maximum atomic E-state index is 13.2. The van der Waals surface area contributed by atoms with Crippen LogP contribution < -0.4 is 5.32 Å². The highest BCUT2D eigenvalue weighted by atomic mass is 32.1. The molecule has 0 radical (unpaired) electrons. The van der Waals surface area contributed by atoms with Gasteiger partial charge in [-0.15, -0.1) is 11.3 Å². The summed E-state index contributed by atoms with van der Waals surface area (Å²) in [6, 6.07) is 5.98. The van der Waals surface area contributed by atoms with Crippen molar-refractivity contribution in [2.45, 2.75) is 13.0 Å². The van der Waals surface area contributed by atoms with Gasteiger partial charge in [-0.05, 0) is 37.7 Å². The van der Waals surface area contributed by atoms with Gasteiger partial charge in [0.1, 0.15) is 10.8 Å². The molecule has 0 unspecified atom stereocenters. The van der Waals surface area contributed by atoms with Crippen molar-refractivity contribution in [1.82, 2.24) is 14.8 Å². The van der Waals surface area contributed by atoms with Gasteiger partial charge in [0.05, 0.1) is 13.1 Å². The van der Waals surface area contributed by atoms with Gasteiger partial charge in [0.25, 0.3) is 0 Å². The molecule has 0 spiro atoms. The number of rotatable bonds is 5. The van der Waals surface area contributed by atoms with Gasteiger partial charge in [0, 0.05) is 30.4 Å². The van der Waals surface area contributed by atoms with Crippen molar-refractivity contribution in [3.8, 4) is 0 Å². The monoisotopic (exact) mass is 348 g/mol. The third-order valence-electron chi connectivity index (χ3n) is 4.00. The first-order valence-corrected chi connectivity index (χ1v) is 8.95. The molecule has 2 heterocycles. The van der Waals surface area contributed by atoms with Crippen LogP contribution in [0.1, 0.15) is 11.4 Å². The van der Waals surface area contributed by atoms with E-state index < -0.39 is 0 Å². The van der Waals surface area contributed by atoms with Crippen molar-refractivity contribution in [2.75, 3.05) is 38.0 Å². The summed E-state index contributed by atoms with van der Waals surface area (Å²) in [6.07, 6.45) is 2.86. The fourth-order valence-electron chi connectivity index (χ4n) is 2.83. The molecular weight excluding hydrogens is 327 g/mol.